The normalized spacial score (nSPS) is 15.4. The molecule has 1 aromatic heterocycles. The van der Waals surface area contributed by atoms with Crippen LogP contribution >= 0.6 is 0 Å². The summed E-state index contributed by atoms with van der Waals surface area (Å²) >= 11 is 0. The Morgan fingerprint density at radius 1 is 0.909 bits per heavy atom. The Morgan fingerprint density at radius 2 is 1.68 bits per heavy atom. The number of benzene rings is 2. The summed E-state index contributed by atoms with van der Waals surface area (Å²) in [6, 6.07) is 19.5. The number of rotatable bonds is 2. The van der Waals surface area contributed by atoms with Crippen LogP contribution < -0.4 is 4.90 Å². The third-order valence-corrected chi connectivity index (χ3v) is 3.74. The van der Waals surface area contributed by atoms with E-state index in [4.69, 9.17) is 4.42 Å². The molecule has 0 saturated heterocycles. The maximum absolute atomic E-state index is 12.9. The average molecular weight is 287 g/mol. The molecule has 0 aliphatic carbocycles. The third kappa shape index (κ3) is 1.95. The first-order chi connectivity index (χ1) is 10.8. The van der Waals surface area contributed by atoms with Crippen molar-refractivity contribution in [3.63, 3.8) is 0 Å². The molecule has 2 aromatic carbocycles. The lowest BCUT2D eigenvalue weighted by Gasteiger charge is -2.13. The van der Waals surface area contributed by atoms with Crippen molar-refractivity contribution < 1.29 is 9.21 Å². The Bertz CT molecular complexity index is 848. The molecule has 4 rings (SSSR count). The van der Waals surface area contributed by atoms with Crippen LogP contribution in [0.5, 0.6) is 0 Å². The molecule has 0 unspecified atom stereocenters. The van der Waals surface area contributed by atoms with Crippen LogP contribution in [0.4, 0.5) is 11.4 Å². The van der Waals surface area contributed by atoms with Crippen LogP contribution in [0.2, 0.25) is 0 Å². The van der Waals surface area contributed by atoms with Gasteiger partial charge in [-0.2, -0.15) is 0 Å². The number of hydrogen-bond acceptors (Lipinski definition) is 2. The number of para-hydroxylation sites is 1. The zero-order valence-corrected chi connectivity index (χ0v) is 11.8. The number of carbonyl (C=O) groups excluding carboxylic acids is 1. The SMILES string of the molecule is O=C1C(=Cc2ccccc2)c2ccccc2N1c1ccoc1. The number of anilines is 2. The second-order valence-corrected chi connectivity index (χ2v) is 5.11. The van der Waals surface area contributed by atoms with Crippen LogP contribution in [-0.4, -0.2) is 5.91 Å². The van der Waals surface area contributed by atoms with Gasteiger partial charge in [-0.3, -0.25) is 9.69 Å². The van der Waals surface area contributed by atoms with E-state index < -0.39 is 0 Å². The number of furan rings is 1. The van der Waals surface area contributed by atoms with Crippen molar-refractivity contribution >= 4 is 28.9 Å². The minimum Gasteiger partial charge on any atom is -0.470 e. The lowest BCUT2D eigenvalue weighted by atomic mass is 10.0. The second-order valence-electron chi connectivity index (χ2n) is 5.11. The maximum atomic E-state index is 12.9. The number of carbonyl (C=O) groups is 1. The summed E-state index contributed by atoms with van der Waals surface area (Å²) in [6.45, 7) is 0. The van der Waals surface area contributed by atoms with Crippen molar-refractivity contribution in [2.45, 2.75) is 0 Å². The molecule has 0 spiro atoms. The summed E-state index contributed by atoms with van der Waals surface area (Å²) in [7, 11) is 0. The summed E-state index contributed by atoms with van der Waals surface area (Å²) in [4.78, 5) is 14.6. The lowest BCUT2D eigenvalue weighted by molar-refractivity contribution is -0.112. The van der Waals surface area contributed by atoms with Crippen molar-refractivity contribution in [3.05, 3.63) is 84.3 Å². The molecule has 1 aliphatic rings. The quantitative estimate of drug-likeness (QED) is 0.650. The van der Waals surface area contributed by atoms with Crippen LogP contribution in [0.25, 0.3) is 11.6 Å². The zero-order valence-electron chi connectivity index (χ0n) is 11.8. The Kier molecular flexibility index (Phi) is 2.90. The molecule has 1 aliphatic heterocycles. The van der Waals surface area contributed by atoms with Crippen LogP contribution in [0.3, 0.4) is 0 Å². The predicted molar refractivity (Wildman–Crippen MR) is 86.6 cm³/mol. The monoisotopic (exact) mass is 287 g/mol. The predicted octanol–water partition coefficient (Wildman–Crippen LogP) is 4.50. The van der Waals surface area contributed by atoms with Gasteiger partial charge in [-0.15, -0.1) is 0 Å². The molecule has 2 heterocycles. The molecule has 1 amide bonds. The standard InChI is InChI=1S/C19H13NO2/c21-19-17(12-14-6-2-1-3-7-14)16-8-4-5-9-18(16)20(19)15-10-11-22-13-15/h1-13H. The van der Waals surface area contributed by atoms with Gasteiger partial charge < -0.3 is 4.42 Å². The van der Waals surface area contributed by atoms with E-state index in [-0.39, 0.29) is 5.91 Å². The molecule has 3 heteroatoms. The third-order valence-electron chi connectivity index (χ3n) is 3.74. The molecule has 22 heavy (non-hydrogen) atoms. The summed E-state index contributed by atoms with van der Waals surface area (Å²) in [6.07, 6.45) is 5.09. The first kappa shape index (κ1) is 12.7. The van der Waals surface area contributed by atoms with Crippen LogP contribution in [0.1, 0.15) is 11.1 Å². The zero-order chi connectivity index (χ0) is 14.9. The number of nitrogens with zero attached hydrogens (tertiary/aromatic N) is 1. The van der Waals surface area contributed by atoms with Crippen LogP contribution in [0, 0.1) is 0 Å². The van der Waals surface area contributed by atoms with Gasteiger partial charge in [0.2, 0.25) is 0 Å². The molecule has 0 fully saturated rings. The molecular formula is C19H13NO2. The first-order valence-electron chi connectivity index (χ1n) is 7.07. The van der Waals surface area contributed by atoms with E-state index in [1.807, 2.05) is 60.7 Å². The molecule has 0 saturated carbocycles. The maximum Gasteiger partial charge on any atom is 0.263 e. The molecule has 0 atom stereocenters. The molecule has 106 valence electrons. The van der Waals surface area contributed by atoms with Gasteiger partial charge in [0.15, 0.2) is 0 Å². The van der Waals surface area contributed by atoms with E-state index in [1.165, 1.54) is 0 Å². The van der Waals surface area contributed by atoms with Gasteiger partial charge in [-0.1, -0.05) is 48.5 Å². The fraction of sp³-hybridized carbons (Fsp3) is 0. The highest BCUT2D eigenvalue weighted by molar-refractivity contribution is 6.37. The van der Waals surface area contributed by atoms with Crippen LogP contribution in [-0.2, 0) is 4.79 Å². The number of amides is 1. The van der Waals surface area contributed by atoms with Gasteiger partial charge in [0.05, 0.1) is 23.2 Å². The Balaban J connectivity index is 1.88. The van der Waals surface area contributed by atoms with E-state index >= 15 is 0 Å². The summed E-state index contributed by atoms with van der Waals surface area (Å²) in [5.74, 6) is -0.0357. The van der Waals surface area contributed by atoms with Gasteiger partial charge in [0.25, 0.3) is 5.91 Å². The van der Waals surface area contributed by atoms with Crippen LogP contribution in [0.15, 0.2) is 77.6 Å². The number of fused-ring (bicyclic) bond motifs is 1. The topological polar surface area (TPSA) is 33.5 Å². The van der Waals surface area contributed by atoms with Gasteiger partial charge in [0, 0.05) is 11.6 Å². The Labute approximate surface area is 128 Å². The lowest BCUT2D eigenvalue weighted by Crippen LogP contribution is -2.19. The summed E-state index contributed by atoms with van der Waals surface area (Å²) in [5.41, 5.74) is 4.28. The van der Waals surface area contributed by atoms with E-state index in [2.05, 4.69) is 0 Å². The Hall–Kier alpha value is -3.07. The highest BCUT2D eigenvalue weighted by Crippen LogP contribution is 2.42. The van der Waals surface area contributed by atoms with Crippen molar-refractivity contribution in [2.24, 2.45) is 0 Å². The van der Waals surface area contributed by atoms with E-state index in [0.29, 0.717) is 5.57 Å². The highest BCUT2D eigenvalue weighted by atomic mass is 16.3. The van der Waals surface area contributed by atoms with Gasteiger partial charge in [0.1, 0.15) is 6.26 Å². The van der Waals surface area contributed by atoms with Gasteiger partial charge in [-0.25, -0.2) is 0 Å². The van der Waals surface area contributed by atoms with Gasteiger partial charge >= 0.3 is 0 Å². The van der Waals surface area contributed by atoms with E-state index in [9.17, 15) is 4.79 Å². The average Bonchev–Trinajstić information content (AvgIpc) is 3.16. The molecule has 3 nitrogen and oxygen atoms in total. The summed E-state index contributed by atoms with van der Waals surface area (Å²) in [5, 5.41) is 0. The Morgan fingerprint density at radius 3 is 2.45 bits per heavy atom. The minimum absolute atomic E-state index is 0.0357. The van der Waals surface area contributed by atoms with E-state index in [0.717, 1.165) is 22.5 Å². The second kappa shape index (κ2) is 5.04. The molecular weight excluding hydrogens is 274 g/mol. The molecule has 0 radical (unpaired) electrons. The van der Waals surface area contributed by atoms with Crippen molar-refractivity contribution in [3.8, 4) is 0 Å². The minimum atomic E-state index is -0.0357. The fourth-order valence-corrected chi connectivity index (χ4v) is 2.74. The van der Waals surface area contributed by atoms with Crippen molar-refractivity contribution in [2.75, 3.05) is 4.90 Å². The van der Waals surface area contributed by atoms with Gasteiger partial charge in [-0.05, 0) is 17.7 Å². The van der Waals surface area contributed by atoms with E-state index in [1.54, 1.807) is 23.5 Å². The summed E-state index contributed by atoms with van der Waals surface area (Å²) < 4.78 is 5.13. The first-order valence-corrected chi connectivity index (χ1v) is 7.07. The van der Waals surface area contributed by atoms with Crippen molar-refractivity contribution in [1.82, 2.24) is 0 Å². The largest absolute Gasteiger partial charge is 0.470 e. The fourth-order valence-electron chi connectivity index (χ4n) is 2.74. The molecule has 3 aromatic rings. The number of hydrogen-bond donors (Lipinski definition) is 0. The molecule has 0 bridgehead atoms. The highest BCUT2D eigenvalue weighted by Gasteiger charge is 2.33. The molecule has 0 N–H and O–H groups in total. The smallest absolute Gasteiger partial charge is 0.263 e. The van der Waals surface area contributed by atoms with Crippen molar-refractivity contribution in [1.29, 1.82) is 0 Å².